The van der Waals surface area contributed by atoms with Crippen molar-refractivity contribution in [2.75, 3.05) is 14.1 Å². The Balaban J connectivity index is 2.76. The van der Waals surface area contributed by atoms with Gasteiger partial charge in [0.2, 0.25) is 0 Å². The van der Waals surface area contributed by atoms with Gasteiger partial charge in [-0.05, 0) is 18.8 Å². The SMILES string of the molecule is CC(C)C1C(C)C(C)N(C)N1C. The Kier molecular flexibility index (Phi) is 2.79. The van der Waals surface area contributed by atoms with Gasteiger partial charge in [0.1, 0.15) is 0 Å². The Bertz CT molecular complexity index is 142. The van der Waals surface area contributed by atoms with Gasteiger partial charge in [0.05, 0.1) is 0 Å². The van der Waals surface area contributed by atoms with Gasteiger partial charge in [-0.25, -0.2) is 10.0 Å². The van der Waals surface area contributed by atoms with Gasteiger partial charge in [-0.1, -0.05) is 20.8 Å². The zero-order chi connectivity index (χ0) is 9.46. The lowest BCUT2D eigenvalue weighted by atomic mass is 9.89. The molecule has 0 saturated carbocycles. The smallest absolute Gasteiger partial charge is 0.0306 e. The molecule has 0 aromatic heterocycles. The van der Waals surface area contributed by atoms with Crippen LogP contribution in [-0.4, -0.2) is 36.2 Å². The van der Waals surface area contributed by atoms with Crippen LogP contribution in [0.25, 0.3) is 0 Å². The van der Waals surface area contributed by atoms with Crippen molar-refractivity contribution in [1.82, 2.24) is 10.0 Å². The quantitative estimate of drug-likeness (QED) is 0.592. The van der Waals surface area contributed by atoms with E-state index in [1.54, 1.807) is 0 Å². The number of nitrogens with zero attached hydrogens (tertiary/aromatic N) is 2. The average molecular weight is 170 g/mol. The van der Waals surface area contributed by atoms with Gasteiger partial charge < -0.3 is 0 Å². The van der Waals surface area contributed by atoms with Crippen LogP contribution < -0.4 is 0 Å². The van der Waals surface area contributed by atoms with Crippen molar-refractivity contribution in [3.05, 3.63) is 0 Å². The maximum atomic E-state index is 2.39. The molecule has 1 heterocycles. The minimum Gasteiger partial charge on any atom is -0.242 e. The third-order valence-electron chi connectivity index (χ3n) is 3.50. The first-order chi connectivity index (χ1) is 5.46. The van der Waals surface area contributed by atoms with Crippen molar-refractivity contribution < 1.29 is 0 Å². The second-order valence-electron chi connectivity index (χ2n) is 4.48. The van der Waals surface area contributed by atoms with Crippen molar-refractivity contribution in [2.45, 2.75) is 39.8 Å². The summed E-state index contributed by atoms with van der Waals surface area (Å²) in [6.45, 7) is 9.28. The fraction of sp³-hybridized carbons (Fsp3) is 1.00. The summed E-state index contributed by atoms with van der Waals surface area (Å²) < 4.78 is 0. The normalized spacial score (nSPS) is 39.8. The van der Waals surface area contributed by atoms with E-state index in [4.69, 9.17) is 0 Å². The lowest BCUT2D eigenvalue weighted by molar-refractivity contribution is 0.0177. The fourth-order valence-corrected chi connectivity index (χ4v) is 2.50. The van der Waals surface area contributed by atoms with E-state index in [0.717, 1.165) is 11.8 Å². The van der Waals surface area contributed by atoms with Crippen LogP contribution >= 0.6 is 0 Å². The molecule has 1 aliphatic rings. The zero-order valence-corrected chi connectivity index (χ0v) is 9.20. The number of rotatable bonds is 1. The van der Waals surface area contributed by atoms with Crippen LogP contribution in [0.15, 0.2) is 0 Å². The molecule has 72 valence electrons. The fourth-order valence-electron chi connectivity index (χ4n) is 2.50. The Hall–Kier alpha value is -0.0800. The predicted octanol–water partition coefficient (Wildman–Crippen LogP) is 1.83. The van der Waals surface area contributed by atoms with Crippen LogP contribution in [0.1, 0.15) is 27.7 Å². The number of hydrogen-bond acceptors (Lipinski definition) is 2. The van der Waals surface area contributed by atoms with Gasteiger partial charge in [0.15, 0.2) is 0 Å². The van der Waals surface area contributed by atoms with E-state index in [2.05, 4.69) is 51.8 Å². The second-order valence-corrected chi connectivity index (χ2v) is 4.48. The van der Waals surface area contributed by atoms with E-state index in [0.29, 0.717) is 12.1 Å². The first-order valence-corrected chi connectivity index (χ1v) is 4.92. The van der Waals surface area contributed by atoms with Crippen LogP contribution in [0.5, 0.6) is 0 Å². The van der Waals surface area contributed by atoms with Crippen LogP contribution in [0.3, 0.4) is 0 Å². The molecule has 0 aromatic carbocycles. The molecule has 2 heteroatoms. The lowest BCUT2D eigenvalue weighted by Crippen LogP contribution is -2.39. The lowest BCUT2D eigenvalue weighted by Gasteiger charge is -2.29. The van der Waals surface area contributed by atoms with Crippen LogP contribution in [0.4, 0.5) is 0 Å². The third-order valence-corrected chi connectivity index (χ3v) is 3.50. The third kappa shape index (κ3) is 1.38. The minimum absolute atomic E-state index is 0.683. The molecule has 0 aliphatic carbocycles. The summed E-state index contributed by atoms with van der Waals surface area (Å²) in [5.74, 6) is 1.53. The van der Waals surface area contributed by atoms with E-state index >= 15 is 0 Å². The first-order valence-electron chi connectivity index (χ1n) is 4.92. The average Bonchev–Trinajstić information content (AvgIpc) is 2.16. The molecule has 3 unspecified atom stereocenters. The Morgan fingerprint density at radius 1 is 1.00 bits per heavy atom. The van der Waals surface area contributed by atoms with E-state index in [-0.39, 0.29) is 0 Å². The van der Waals surface area contributed by atoms with Crippen molar-refractivity contribution in [3.63, 3.8) is 0 Å². The summed E-state index contributed by atoms with van der Waals surface area (Å²) in [6.07, 6.45) is 0. The molecule has 0 spiro atoms. The molecule has 2 nitrogen and oxygen atoms in total. The molecule has 0 amide bonds. The Morgan fingerprint density at radius 2 is 1.50 bits per heavy atom. The molecule has 0 aromatic rings. The number of hydrogen-bond donors (Lipinski definition) is 0. The number of hydrazine groups is 1. The van der Waals surface area contributed by atoms with E-state index < -0.39 is 0 Å². The maximum Gasteiger partial charge on any atom is 0.0306 e. The van der Waals surface area contributed by atoms with Gasteiger partial charge >= 0.3 is 0 Å². The highest BCUT2D eigenvalue weighted by atomic mass is 15.6. The molecule has 1 saturated heterocycles. The molecule has 3 atom stereocenters. The van der Waals surface area contributed by atoms with Crippen LogP contribution in [0.2, 0.25) is 0 Å². The van der Waals surface area contributed by atoms with Gasteiger partial charge in [0, 0.05) is 26.2 Å². The highest BCUT2D eigenvalue weighted by Gasteiger charge is 2.39. The van der Waals surface area contributed by atoms with E-state index in [1.165, 1.54) is 0 Å². The summed E-state index contributed by atoms with van der Waals surface area (Å²) in [6, 6.07) is 1.40. The standard InChI is InChI=1S/C10H22N2/c1-7(2)10-8(3)9(4)11(5)12(10)6/h7-10H,1-6H3. The Labute approximate surface area is 76.5 Å². The van der Waals surface area contributed by atoms with Gasteiger partial charge in [0.25, 0.3) is 0 Å². The molecular formula is C10H22N2. The maximum absolute atomic E-state index is 2.39. The molecule has 12 heavy (non-hydrogen) atoms. The molecule has 0 N–H and O–H groups in total. The molecule has 1 rings (SSSR count). The molecule has 1 aliphatic heterocycles. The largest absolute Gasteiger partial charge is 0.242 e. The van der Waals surface area contributed by atoms with Crippen LogP contribution in [0, 0.1) is 11.8 Å². The summed E-state index contributed by atoms with van der Waals surface area (Å²) in [7, 11) is 4.38. The summed E-state index contributed by atoms with van der Waals surface area (Å²) in [5.41, 5.74) is 0. The highest BCUT2D eigenvalue weighted by molar-refractivity contribution is 4.89. The van der Waals surface area contributed by atoms with Crippen LogP contribution in [-0.2, 0) is 0 Å². The van der Waals surface area contributed by atoms with Gasteiger partial charge in [-0.3, -0.25) is 0 Å². The van der Waals surface area contributed by atoms with Gasteiger partial charge in [-0.15, -0.1) is 0 Å². The van der Waals surface area contributed by atoms with E-state index in [9.17, 15) is 0 Å². The van der Waals surface area contributed by atoms with Crippen molar-refractivity contribution in [2.24, 2.45) is 11.8 Å². The minimum atomic E-state index is 0.683. The summed E-state index contributed by atoms with van der Waals surface area (Å²) in [5, 5.41) is 4.75. The Morgan fingerprint density at radius 3 is 1.67 bits per heavy atom. The van der Waals surface area contributed by atoms with Crippen molar-refractivity contribution in [1.29, 1.82) is 0 Å². The monoisotopic (exact) mass is 170 g/mol. The molecule has 0 bridgehead atoms. The highest BCUT2D eigenvalue weighted by Crippen LogP contribution is 2.31. The molecule has 1 fully saturated rings. The van der Waals surface area contributed by atoms with Gasteiger partial charge in [-0.2, -0.15) is 0 Å². The van der Waals surface area contributed by atoms with E-state index in [1.807, 2.05) is 0 Å². The second kappa shape index (κ2) is 3.35. The topological polar surface area (TPSA) is 6.48 Å². The summed E-state index contributed by atoms with van der Waals surface area (Å²) >= 11 is 0. The summed E-state index contributed by atoms with van der Waals surface area (Å²) in [4.78, 5) is 0. The zero-order valence-electron chi connectivity index (χ0n) is 9.20. The molecular weight excluding hydrogens is 148 g/mol. The van der Waals surface area contributed by atoms with Crippen molar-refractivity contribution in [3.8, 4) is 0 Å². The predicted molar refractivity (Wildman–Crippen MR) is 52.8 cm³/mol. The first kappa shape index (κ1) is 10.0. The van der Waals surface area contributed by atoms with Crippen molar-refractivity contribution >= 4 is 0 Å². The molecule has 0 radical (unpaired) electrons.